The zero-order valence-corrected chi connectivity index (χ0v) is 10.7. The van der Waals surface area contributed by atoms with Gasteiger partial charge in [-0.3, -0.25) is 0 Å². The number of rotatable bonds is 0. The van der Waals surface area contributed by atoms with Crippen molar-refractivity contribution in [3.63, 3.8) is 0 Å². The lowest BCUT2D eigenvalue weighted by atomic mass is 9.98. The Morgan fingerprint density at radius 2 is 1.94 bits per heavy atom. The molecule has 1 aliphatic rings. The summed E-state index contributed by atoms with van der Waals surface area (Å²) in [6, 6.07) is 0. The number of aliphatic hydroxyl groups is 1. The number of ether oxygens (including phenoxy) is 1. The topological polar surface area (TPSA) is 49.8 Å². The lowest BCUT2D eigenvalue weighted by Crippen LogP contribution is -2.38. The van der Waals surface area contributed by atoms with Gasteiger partial charge in [-0.15, -0.1) is 0 Å². The van der Waals surface area contributed by atoms with Crippen LogP contribution in [-0.4, -0.2) is 40.4 Å². The van der Waals surface area contributed by atoms with E-state index in [0.29, 0.717) is 19.5 Å². The van der Waals surface area contributed by atoms with E-state index < -0.39 is 11.2 Å². The summed E-state index contributed by atoms with van der Waals surface area (Å²) in [6.45, 7) is 8.65. The van der Waals surface area contributed by atoms with Gasteiger partial charge in [0, 0.05) is 13.1 Å². The molecular weight excluding hydrogens is 206 g/mol. The van der Waals surface area contributed by atoms with Crippen molar-refractivity contribution < 1.29 is 14.6 Å². The molecule has 16 heavy (non-hydrogen) atoms. The molecule has 0 aromatic heterocycles. The van der Waals surface area contributed by atoms with Gasteiger partial charge in [-0.1, -0.05) is 0 Å². The number of amides is 1. The van der Waals surface area contributed by atoms with Crippen molar-refractivity contribution in [2.24, 2.45) is 0 Å². The molecular formula is C12H23NO3. The molecule has 4 nitrogen and oxygen atoms in total. The average Bonchev–Trinajstić information content (AvgIpc) is 2.23. The molecule has 0 aromatic rings. The van der Waals surface area contributed by atoms with E-state index in [4.69, 9.17) is 4.74 Å². The van der Waals surface area contributed by atoms with Crippen LogP contribution in [0.2, 0.25) is 0 Å². The van der Waals surface area contributed by atoms with E-state index in [1.807, 2.05) is 27.7 Å². The smallest absolute Gasteiger partial charge is 0.410 e. The summed E-state index contributed by atoms with van der Waals surface area (Å²) in [5.74, 6) is 0. The second-order valence-corrected chi connectivity index (χ2v) is 5.82. The quantitative estimate of drug-likeness (QED) is 0.692. The first-order valence-corrected chi connectivity index (χ1v) is 5.90. The first-order chi connectivity index (χ1) is 7.20. The fourth-order valence-corrected chi connectivity index (χ4v) is 1.77. The van der Waals surface area contributed by atoms with Crippen molar-refractivity contribution in [2.75, 3.05) is 13.1 Å². The number of carbonyl (C=O) groups is 1. The Labute approximate surface area is 97.6 Å². The predicted molar refractivity (Wildman–Crippen MR) is 62.3 cm³/mol. The van der Waals surface area contributed by atoms with E-state index in [1.54, 1.807) is 4.90 Å². The van der Waals surface area contributed by atoms with Gasteiger partial charge < -0.3 is 14.7 Å². The molecule has 1 atom stereocenters. The van der Waals surface area contributed by atoms with Gasteiger partial charge >= 0.3 is 6.09 Å². The number of likely N-dealkylation sites (tertiary alicyclic amines) is 1. The van der Waals surface area contributed by atoms with Crippen LogP contribution < -0.4 is 0 Å². The summed E-state index contributed by atoms with van der Waals surface area (Å²) in [4.78, 5) is 13.5. The minimum absolute atomic E-state index is 0.273. The van der Waals surface area contributed by atoms with Crippen LogP contribution in [0, 0.1) is 0 Å². The van der Waals surface area contributed by atoms with E-state index in [-0.39, 0.29) is 6.09 Å². The van der Waals surface area contributed by atoms with Crippen LogP contribution in [0.3, 0.4) is 0 Å². The van der Waals surface area contributed by atoms with Gasteiger partial charge in [-0.25, -0.2) is 4.79 Å². The first-order valence-electron chi connectivity index (χ1n) is 5.90. The fourth-order valence-electron chi connectivity index (χ4n) is 1.77. The number of nitrogens with zero attached hydrogens (tertiary/aromatic N) is 1. The molecule has 1 saturated heterocycles. The first kappa shape index (κ1) is 13.3. The summed E-state index contributed by atoms with van der Waals surface area (Å²) in [5, 5.41) is 9.91. The summed E-state index contributed by atoms with van der Waals surface area (Å²) in [7, 11) is 0. The fraction of sp³-hybridized carbons (Fsp3) is 0.917. The van der Waals surface area contributed by atoms with Crippen molar-refractivity contribution in [2.45, 2.75) is 58.2 Å². The third kappa shape index (κ3) is 4.39. The van der Waals surface area contributed by atoms with E-state index in [2.05, 4.69) is 0 Å². The highest BCUT2D eigenvalue weighted by Gasteiger charge is 2.29. The molecule has 0 saturated carbocycles. The van der Waals surface area contributed by atoms with E-state index in [1.165, 1.54) is 0 Å². The third-order valence-corrected chi connectivity index (χ3v) is 2.72. The number of hydrogen-bond donors (Lipinski definition) is 1. The Hall–Kier alpha value is -0.770. The molecule has 0 aromatic carbocycles. The van der Waals surface area contributed by atoms with E-state index in [0.717, 1.165) is 12.8 Å². The Balaban J connectivity index is 2.52. The van der Waals surface area contributed by atoms with Crippen LogP contribution in [0.15, 0.2) is 0 Å². The van der Waals surface area contributed by atoms with E-state index >= 15 is 0 Å². The second kappa shape index (κ2) is 4.62. The van der Waals surface area contributed by atoms with Crippen molar-refractivity contribution >= 4 is 6.09 Å². The Bertz CT molecular complexity index is 255. The standard InChI is InChI=1S/C12H23NO3/c1-11(2,3)16-10(14)13-8-5-6-12(4,15)7-9-13/h15H,5-9H2,1-4H3/t12-/m0/s1. The van der Waals surface area contributed by atoms with Gasteiger partial charge in [0.15, 0.2) is 0 Å². The number of carbonyl (C=O) groups excluding carboxylic acids is 1. The van der Waals surface area contributed by atoms with Crippen LogP contribution in [0.25, 0.3) is 0 Å². The molecule has 1 aliphatic heterocycles. The molecule has 0 radical (unpaired) electrons. The maximum absolute atomic E-state index is 11.8. The van der Waals surface area contributed by atoms with Crippen molar-refractivity contribution in [3.05, 3.63) is 0 Å². The van der Waals surface area contributed by atoms with Crippen LogP contribution >= 0.6 is 0 Å². The number of hydrogen-bond acceptors (Lipinski definition) is 3. The Kier molecular flexibility index (Phi) is 3.84. The van der Waals surface area contributed by atoms with Gasteiger partial charge in [0.1, 0.15) is 5.60 Å². The molecule has 94 valence electrons. The SMILES string of the molecule is CC(C)(C)OC(=O)N1CCC[C@](C)(O)CC1. The van der Waals surface area contributed by atoms with Crippen LogP contribution in [0.5, 0.6) is 0 Å². The third-order valence-electron chi connectivity index (χ3n) is 2.72. The average molecular weight is 229 g/mol. The molecule has 1 fully saturated rings. The predicted octanol–water partition coefficient (Wildman–Crippen LogP) is 2.16. The summed E-state index contributed by atoms with van der Waals surface area (Å²) in [6.07, 6.45) is 1.91. The second-order valence-electron chi connectivity index (χ2n) is 5.82. The molecule has 1 N–H and O–H groups in total. The summed E-state index contributed by atoms with van der Waals surface area (Å²) in [5.41, 5.74) is -1.09. The maximum Gasteiger partial charge on any atom is 0.410 e. The molecule has 1 heterocycles. The summed E-state index contributed by atoms with van der Waals surface area (Å²) >= 11 is 0. The largest absolute Gasteiger partial charge is 0.444 e. The molecule has 1 amide bonds. The molecule has 0 unspecified atom stereocenters. The zero-order chi connectivity index (χ0) is 12.4. The van der Waals surface area contributed by atoms with Gasteiger partial charge in [0.2, 0.25) is 0 Å². The Morgan fingerprint density at radius 3 is 2.50 bits per heavy atom. The zero-order valence-electron chi connectivity index (χ0n) is 10.7. The van der Waals surface area contributed by atoms with Crippen molar-refractivity contribution in [1.29, 1.82) is 0 Å². The Morgan fingerprint density at radius 1 is 1.31 bits per heavy atom. The van der Waals surface area contributed by atoms with Crippen LogP contribution in [-0.2, 0) is 4.74 Å². The lowest BCUT2D eigenvalue weighted by molar-refractivity contribution is 0.0210. The molecule has 0 bridgehead atoms. The minimum atomic E-state index is -0.642. The molecule has 4 heteroatoms. The normalized spacial score (nSPS) is 27.4. The monoisotopic (exact) mass is 229 g/mol. The molecule has 1 rings (SSSR count). The lowest BCUT2D eigenvalue weighted by Gasteiger charge is -2.26. The molecule has 0 aliphatic carbocycles. The van der Waals surface area contributed by atoms with Crippen molar-refractivity contribution in [3.8, 4) is 0 Å². The van der Waals surface area contributed by atoms with Gasteiger partial charge in [-0.2, -0.15) is 0 Å². The van der Waals surface area contributed by atoms with Gasteiger partial charge in [0.25, 0.3) is 0 Å². The molecule has 0 spiro atoms. The van der Waals surface area contributed by atoms with E-state index in [9.17, 15) is 9.90 Å². The maximum atomic E-state index is 11.8. The highest BCUT2D eigenvalue weighted by atomic mass is 16.6. The summed E-state index contributed by atoms with van der Waals surface area (Å²) < 4.78 is 5.31. The van der Waals surface area contributed by atoms with Crippen LogP contribution in [0.4, 0.5) is 4.79 Å². The highest BCUT2D eigenvalue weighted by Crippen LogP contribution is 2.22. The highest BCUT2D eigenvalue weighted by molar-refractivity contribution is 5.68. The van der Waals surface area contributed by atoms with Gasteiger partial charge in [-0.05, 0) is 47.0 Å². The minimum Gasteiger partial charge on any atom is -0.444 e. The van der Waals surface area contributed by atoms with Gasteiger partial charge in [0.05, 0.1) is 5.60 Å². The van der Waals surface area contributed by atoms with Crippen molar-refractivity contribution in [1.82, 2.24) is 4.90 Å². The van der Waals surface area contributed by atoms with Crippen LogP contribution in [0.1, 0.15) is 47.0 Å².